The maximum Gasteiger partial charge on any atom is 0.211 e. The standard InChI is InChI=1S/C7H7ClN6S/c8-5-4(3-11-13-6(9)10)14-1-2-15-7(14)12-5/h1-3H,(H4,9,10,13)/b11-3+. The highest BCUT2D eigenvalue weighted by Gasteiger charge is 2.08. The van der Waals surface area contributed by atoms with Gasteiger partial charge in [0.25, 0.3) is 0 Å². The molecule has 0 fully saturated rings. The van der Waals surface area contributed by atoms with Crippen LogP contribution in [0.1, 0.15) is 5.69 Å². The first-order chi connectivity index (χ1) is 7.18. The summed E-state index contributed by atoms with van der Waals surface area (Å²) in [6.45, 7) is 0. The molecular formula is C7H7ClN6S. The molecule has 2 aromatic heterocycles. The van der Waals surface area contributed by atoms with E-state index >= 15 is 0 Å². The van der Waals surface area contributed by atoms with Gasteiger partial charge in [-0.2, -0.15) is 5.10 Å². The predicted octanol–water partition coefficient (Wildman–Crippen LogP) is 0.657. The van der Waals surface area contributed by atoms with Crippen LogP contribution >= 0.6 is 22.9 Å². The lowest BCUT2D eigenvalue weighted by Crippen LogP contribution is -2.21. The van der Waals surface area contributed by atoms with Gasteiger partial charge in [-0.05, 0) is 0 Å². The van der Waals surface area contributed by atoms with E-state index in [0.29, 0.717) is 10.8 Å². The number of thiazole rings is 1. The second kappa shape index (κ2) is 3.87. The van der Waals surface area contributed by atoms with Gasteiger partial charge in [-0.25, -0.2) is 4.98 Å². The Morgan fingerprint density at radius 3 is 3.13 bits per heavy atom. The molecule has 8 heteroatoms. The summed E-state index contributed by atoms with van der Waals surface area (Å²) in [5, 5.41) is 9.42. The third-order valence-corrected chi connectivity index (χ3v) is 2.64. The minimum atomic E-state index is -0.103. The number of nitrogens with zero attached hydrogens (tertiary/aromatic N) is 4. The molecule has 15 heavy (non-hydrogen) atoms. The van der Waals surface area contributed by atoms with Crippen LogP contribution in [-0.2, 0) is 0 Å². The van der Waals surface area contributed by atoms with Gasteiger partial charge in [-0.1, -0.05) is 11.6 Å². The van der Waals surface area contributed by atoms with Crippen LogP contribution in [0.25, 0.3) is 4.96 Å². The Morgan fingerprint density at radius 1 is 1.60 bits per heavy atom. The Bertz CT molecular complexity index is 535. The normalized spacial score (nSPS) is 11.3. The zero-order valence-electron chi connectivity index (χ0n) is 7.46. The number of rotatable bonds is 2. The summed E-state index contributed by atoms with van der Waals surface area (Å²) in [5.74, 6) is -0.103. The van der Waals surface area contributed by atoms with E-state index in [1.165, 1.54) is 17.6 Å². The highest BCUT2D eigenvalue weighted by molar-refractivity contribution is 7.15. The molecule has 0 aliphatic heterocycles. The van der Waals surface area contributed by atoms with E-state index in [1.54, 1.807) is 4.40 Å². The van der Waals surface area contributed by atoms with E-state index in [4.69, 9.17) is 23.1 Å². The van der Waals surface area contributed by atoms with Crippen molar-refractivity contribution in [3.63, 3.8) is 0 Å². The molecule has 0 spiro atoms. The third kappa shape index (κ3) is 1.92. The number of fused-ring (bicyclic) bond motifs is 1. The SMILES string of the molecule is NC(N)=N/N=C/c1c(Cl)nc2sccn12. The fraction of sp³-hybridized carbons (Fsp3) is 0. The van der Waals surface area contributed by atoms with Gasteiger partial charge >= 0.3 is 0 Å². The van der Waals surface area contributed by atoms with Crippen molar-refractivity contribution in [3.05, 3.63) is 22.4 Å². The molecule has 0 aliphatic carbocycles. The molecule has 0 saturated heterocycles. The maximum absolute atomic E-state index is 5.90. The van der Waals surface area contributed by atoms with Gasteiger partial charge in [-0.15, -0.1) is 16.4 Å². The summed E-state index contributed by atoms with van der Waals surface area (Å²) < 4.78 is 1.80. The largest absolute Gasteiger partial charge is 0.369 e. The molecule has 0 atom stereocenters. The summed E-state index contributed by atoms with van der Waals surface area (Å²) in [7, 11) is 0. The van der Waals surface area contributed by atoms with Gasteiger partial charge in [0.15, 0.2) is 10.1 Å². The van der Waals surface area contributed by atoms with Crippen molar-refractivity contribution < 1.29 is 0 Å². The summed E-state index contributed by atoms with van der Waals surface area (Å²) in [6.07, 6.45) is 3.30. The summed E-state index contributed by atoms with van der Waals surface area (Å²) >= 11 is 7.38. The lowest BCUT2D eigenvalue weighted by molar-refractivity contribution is 1.18. The Labute approximate surface area is 93.9 Å². The van der Waals surface area contributed by atoms with Crippen molar-refractivity contribution in [2.45, 2.75) is 0 Å². The van der Waals surface area contributed by atoms with E-state index in [2.05, 4.69) is 15.2 Å². The van der Waals surface area contributed by atoms with Gasteiger partial charge in [0.05, 0.1) is 6.21 Å². The highest BCUT2D eigenvalue weighted by atomic mass is 35.5. The molecule has 0 aliphatic rings. The zero-order valence-corrected chi connectivity index (χ0v) is 9.03. The van der Waals surface area contributed by atoms with Gasteiger partial charge in [0.1, 0.15) is 5.69 Å². The Kier molecular flexibility index (Phi) is 2.57. The first-order valence-electron chi connectivity index (χ1n) is 3.91. The van der Waals surface area contributed by atoms with E-state index in [0.717, 1.165) is 4.96 Å². The van der Waals surface area contributed by atoms with Crippen molar-refractivity contribution in [3.8, 4) is 0 Å². The second-order valence-electron chi connectivity index (χ2n) is 2.61. The molecule has 4 N–H and O–H groups in total. The van der Waals surface area contributed by atoms with Crippen molar-refractivity contribution in [2.75, 3.05) is 0 Å². The Morgan fingerprint density at radius 2 is 2.40 bits per heavy atom. The van der Waals surface area contributed by atoms with Crippen molar-refractivity contribution >= 4 is 40.1 Å². The molecule has 0 bridgehead atoms. The van der Waals surface area contributed by atoms with Gasteiger partial charge in [0.2, 0.25) is 5.96 Å². The van der Waals surface area contributed by atoms with Crippen LogP contribution in [0.5, 0.6) is 0 Å². The van der Waals surface area contributed by atoms with E-state index in [1.807, 2.05) is 11.6 Å². The molecule has 0 aromatic carbocycles. The highest BCUT2D eigenvalue weighted by Crippen LogP contribution is 2.19. The fourth-order valence-corrected chi connectivity index (χ4v) is 2.03. The summed E-state index contributed by atoms with van der Waals surface area (Å²) in [4.78, 5) is 4.91. The molecule has 78 valence electrons. The van der Waals surface area contributed by atoms with Crippen LogP contribution in [0.4, 0.5) is 0 Å². The van der Waals surface area contributed by atoms with Crippen molar-refractivity contribution in [1.29, 1.82) is 0 Å². The average molecular weight is 243 g/mol. The Hall–Kier alpha value is -1.60. The van der Waals surface area contributed by atoms with Crippen molar-refractivity contribution in [1.82, 2.24) is 9.38 Å². The molecule has 2 aromatic rings. The van der Waals surface area contributed by atoms with Crippen LogP contribution < -0.4 is 11.5 Å². The number of aromatic nitrogens is 2. The molecule has 2 heterocycles. The van der Waals surface area contributed by atoms with Crippen LogP contribution in [0.15, 0.2) is 21.8 Å². The minimum absolute atomic E-state index is 0.103. The summed E-state index contributed by atoms with van der Waals surface area (Å²) in [6, 6.07) is 0. The molecule has 0 amide bonds. The fourth-order valence-electron chi connectivity index (χ4n) is 1.04. The monoisotopic (exact) mass is 242 g/mol. The number of hydrogen-bond acceptors (Lipinski definition) is 4. The van der Waals surface area contributed by atoms with Gasteiger partial charge in [0, 0.05) is 11.6 Å². The van der Waals surface area contributed by atoms with Crippen LogP contribution in [0.2, 0.25) is 5.15 Å². The average Bonchev–Trinajstić information content (AvgIpc) is 2.68. The molecule has 2 rings (SSSR count). The zero-order chi connectivity index (χ0) is 10.8. The molecule has 0 saturated carbocycles. The number of nitrogens with two attached hydrogens (primary N) is 2. The Balaban J connectivity index is 2.42. The van der Waals surface area contributed by atoms with Crippen LogP contribution in [0.3, 0.4) is 0 Å². The molecular weight excluding hydrogens is 236 g/mol. The lowest BCUT2D eigenvalue weighted by Gasteiger charge is -1.88. The third-order valence-electron chi connectivity index (χ3n) is 1.61. The first-order valence-corrected chi connectivity index (χ1v) is 5.17. The predicted molar refractivity (Wildman–Crippen MR) is 61.5 cm³/mol. The van der Waals surface area contributed by atoms with Gasteiger partial charge in [-0.3, -0.25) is 4.40 Å². The topological polar surface area (TPSA) is 94.1 Å². The molecule has 0 radical (unpaired) electrons. The lowest BCUT2D eigenvalue weighted by atomic mass is 10.5. The van der Waals surface area contributed by atoms with Crippen LogP contribution in [-0.4, -0.2) is 21.6 Å². The van der Waals surface area contributed by atoms with E-state index in [9.17, 15) is 0 Å². The molecule has 6 nitrogen and oxygen atoms in total. The van der Waals surface area contributed by atoms with Gasteiger partial charge < -0.3 is 11.5 Å². The van der Waals surface area contributed by atoms with E-state index in [-0.39, 0.29) is 5.96 Å². The molecule has 0 unspecified atom stereocenters. The number of hydrogen-bond donors (Lipinski definition) is 2. The van der Waals surface area contributed by atoms with E-state index < -0.39 is 0 Å². The summed E-state index contributed by atoms with van der Waals surface area (Å²) in [5.41, 5.74) is 10.9. The quantitative estimate of drug-likeness (QED) is 0.460. The number of guanidine groups is 1. The minimum Gasteiger partial charge on any atom is -0.369 e. The maximum atomic E-state index is 5.90. The van der Waals surface area contributed by atoms with Crippen molar-refractivity contribution in [2.24, 2.45) is 21.7 Å². The number of imidazole rings is 1. The number of halogens is 1. The van der Waals surface area contributed by atoms with Crippen LogP contribution in [0, 0.1) is 0 Å². The second-order valence-corrected chi connectivity index (χ2v) is 3.84. The smallest absolute Gasteiger partial charge is 0.211 e. The first kappa shape index (κ1) is 9.94.